The largest absolute Gasteiger partial charge is 0.398 e. The van der Waals surface area contributed by atoms with E-state index in [1.807, 2.05) is 0 Å². The van der Waals surface area contributed by atoms with E-state index in [-0.39, 0.29) is 0 Å². The highest BCUT2D eigenvalue weighted by Gasteiger charge is 2.11. The molecule has 0 radical (unpaired) electrons. The summed E-state index contributed by atoms with van der Waals surface area (Å²) in [6.07, 6.45) is 3.51. The van der Waals surface area contributed by atoms with Crippen molar-refractivity contribution in [1.29, 1.82) is 0 Å². The number of aromatic nitrogens is 3. The molecule has 16 heavy (non-hydrogen) atoms. The van der Waals surface area contributed by atoms with Crippen LogP contribution >= 0.6 is 0 Å². The van der Waals surface area contributed by atoms with Crippen molar-refractivity contribution in [2.45, 2.75) is 13.0 Å². The highest BCUT2D eigenvalue weighted by Crippen LogP contribution is 2.24. The van der Waals surface area contributed by atoms with Crippen LogP contribution in [0, 0.1) is 0 Å². The van der Waals surface area contributed by atoms with Crippen molar-refractivity contribution in [3.63, 3.8) is 0 Å². The average molecular weight is 224 g/mol. The second-order valence-electron chi connectivity index (χ2n) is 3.29. The Morgan fingerprint density at radius 2 is 2.12 bits per heavy atom. The van der Waals surface area contributed by atoms with E-state index in [0.29, 0.717) is 16.9 Å². The molecule has 0 aliphatic heterocycles. The van der Waals surface area contributed by atoms with Gasteiger partial charge in [-0.3, -0.25) is 4.98 Å². The van der Waals surface area contributed by atoms with Gasteiger partial charge in [0.25, 0.3) is 6.43 Å². The minimum atomic E-state index is -2.43. The Labute approximate surface area is 90.7 Å². The Balaban J connectivity index is 2.41. The molecule has 0 spiro atoms. The summed E-state index contributed by atoms with van der Waals surface area (Å²) in [6.45, 7) is -0.399. The monoisotopic (exact) mass is 224 g/mol. The van der Waals surface area contributed by atoms with Crippen LogP contribution in [0.2, 0.25) is 0 Å². The lowest BCUT2D eigenvalue weighted by Crippen LogP contribution is -2.07. The summed E-state index contributed by atoms with van der Waals surface area (Å²) in [6, 6.07) is 1.62. The molecule has 0 bridgehead atoms. The van der Waals surface area contributed by atoms with Crippen molar-refractivity contribution in [3.8, 4) is 11.3 Å². The van der Waals surface area contributed by atoms with Crippen LogP contribution in [0.3, 0.4) is 0 Å². The molecule has 0 unspecified atom stereocenters. The topological polar surface area (TPSA) is 56.7 Å². The Hall–Kier alpha value is -1.98. The minimum absolute atomic E-state index is 0.399. The third-order valence-electron chi connectivity index (χ3n) is 2.18. The van der Waals surface area contributed by atoms with Gasteiger partial charge in [0.05, 0.1) is 24.8 Å². The maximum atomic E-state index is 12.3. The quantitative estimate of drug-likeness (QED) is 0.864. The summed E-state index contributed by atoms with van der Waals surface area (Å²) in [7, 11) is 0. The maximum absolute atomic E-state index is 12.3. The normalized spacial score (nSPS) is 10.9. The standard InChI is InChI=1S/C10H10F2N4/c11-10(12)5-16-6-15-4-9(16)7-3-14-2-1-8(7)13/h1-4,6,10H,5H2,(H2,13,14). The first kappa shape index (κ1) is 10.5. The van der Waals surface area contributed by atoms with Crippen molar-refractivity contribution in [2.24, 2.45) is 0 Å². The van der Waals surface area contributed by atoms with Crippen LogP contribution in [-0.4, -0.2) is 21.0 Å². The molecule has 0 saturated carbocycles. The molecule has 0 aliphatic carbocycles. The first-order valence-corrected chi connectivity index (χ1v) is 4.66. The van der Waals surface area contributed by atoms with E-state index in [9.17, 15) is 8.78 Å². The Kier molecular flexibility index (Phi) is 2.80. The lowest BCUT2D eigenvalue weighted by molar-refractivity contribution is 0.127. The summed E-state index contributed by atoms with van der Waals surface area (Å²) < 4.78 is 26.0. The van der Waals surface area contributed by atoms with Gasteiger partial charge in [0.1, 0.15) is 0 Å². The molecule has 0 amide bonds. The number of halogens is 2. The molecule has 0 saturated heterocycles. The molecule has 84 valence electrons. The molecule has 2 N–H and O–H groups in total. The predicted octanol–water partition coefficient (Wildman–Crippen LogP) is 1.79. The zero-order chi connectivity index (χ0) is 11.5. The first-order chi connectivity index (χ1) is 7.68. The summed E-state index contributed by atoms with van der Waals surface area (Å²) in [4.78, 5) is 7.75. The molecular weight excluding hydrogens is 214 g/mol. The van der Waals surface area contributed by atoms with Crippen LogP contribution in [0.1, 0.15) is 0 Å². The van der Waals surface area contributed by atoms with E-state index < -0.39 is 13.0 Å². The van der Waals surface area contributed by atoms with Gasteiger partial charge in [0.2, 0.25) is 0 Å². The molecule has 0 atom stereocenters. The number of rotatable bonds is 3. The third kappa shape index (κ3) is 2.00. The molecule has 0 aromatic carbocycles. The fourth-order valence-corrected chi connectivity index (χ4v) is 1.46. The van der Waals surface area contributed by atoms with Gasteiger partial charge in [0, 0.05) is 23.6 Å². The van der Waals surface area contributed by atoms with E-state index >= 15 is 0 Å². The van der Waals surface area contributed by atoms with Crippen LogP contribution in [0.25, 0.3) is 11.3 Å². The van der Waals surface area contributed by atoms with Gasteiger partial charge >= 0.3 is 0 Å². The van der Waals surface area contributed by atoms with Crippen LogP contribution in [0.15, 0.2) is 31.0 Å². The average Bonchev–Trinajstić information content (AvgIpc) is 2.66. The van der Waals surface area contributed by atoms with Crippen LogP contribution < -0.4 is 5.73 Å². The zero-order valence-corrected chi connectivity index (χ0v) is 8.35. The predicted molar refractivity (Wildman–Crippen MR) is 55.9 cm³/mol. The summed E-state index contributed by atoms with van der Waals surface area (Å²) in [5.41, 5.74) is 7.39. The Morgan fingerprint density at radius 1 is 1.31 bits per heavy atom. The van der Waals surface area contributed by atoms with Crippen molar-refractivity contribution in [1.82, 2.24) is 14.5 Å². The first-order valence-electron chi connectivity index (χ1n) is 4.66. The smallest absolute Gasteiger partial charge is 0.256 e. The lowest BCUT2D eigenvalue weighted by Gasteiger charge is -2.08. The van der Waals surface area contributed by atoms with E-state index in [0.717, 1.165) is 0 Å². The van der Waals surface area contributed by atoms with Crippen LogP contribution in [-0.2, 0) is 6.54 Å². The van der Waals surface area contributed by atoms with E-state index in [1.165, 1.54) is 23.3 Å². The SMILES string of the molecule is Nc1ccncc1-c1cncn1CC(F)F. The van der Waals surface area contributed by atoms with Crippen molar-refractivity contribution in [2.75, 3.05) is 5.73 Å². The number of imidazole rings is 1. The molecule has 2 heterocycles. The number of alkyl halides is 2. The molecule has 2 aromatic rings. The number of anilines is 1. The van der Waals surface area contributed by atoms with Crippen molar-refractivity contribution >= 4 is 5.69 Å². The fraction of sp³-hybridized carbons (Fsp3) is 0.200. The highest BCUT2D eigenvalue weighted by atomic mass is 19.3. The van der Waals surface area contributed by atoms with Gasteiger partial charge in [-0.25, -0.2) is 13.8 Å². The van der Waals surface area contributed by atoms with E-state index in [4.69, 9.17) is 5.73 Å². The minimum Gasteiger partial charge on any atom is -0.398 e. The molecule has 2 rings (SSSR count). The molecular formula is C10H10F2N4. The zero-order valence-electron chi connectivity index (χ0n) is 8.35. The number of nitrogens with zero attached hydrogens (tertiary/aromatic N) is 3. The van der Waals surface area contributed by atoms with Crippen molar-refractivity contribution < 1.29 is 8.78 Å². The lowest BCUT2D eigenvalue weighted by atomic mass is 10.2. The Morgan fingerprint density at radius 3 is 2.81 bits per heavy atom. The number of hydrogen-bond donors (Lipinski definition) is 1. The number of hydrogen-bond acceptors (Lipinski definition) is 3. The van der Waals surface area contributed by atoms with Gasteiger partial charge in [-0.2, -0.15) is 0 Å². The fourth-order valence-electron chi connectivity index (χ4n) is 1.46. The maximum Gasteiger partial charge on any atom is 0.256 e. The molecule has 0 fully saturated rings. The third-order valence-corrected chi connectivity index (χ3v) is 2.18. The van der Waals surface area contributed by atoms with E-state index in [2.05, 4.69) is 9.97 Å². The summed E-state index contributed by atoms with van der Waals surface area (Å²) in [5, 5.41) is 0. The summed E-state index contributed by atoms with van der Waals surface area (Å²) in [5.74, 6) is 0. The summed E-state index contributed by atoms with van der Waals surface area (Å²) >= 11 is 0. The number of pyridine rings is 1. The Bertz CT molecular complexity index is 481. The number of nitrogen functional groups attached to an aromatic ring is 1. The molecule has 0 aliphatic rings. The van der Waals surface area contributed by atoms with Gasteiger partial charge in [-0.15, -0.1) is 0 Å². The van der Waals surface area contributed by atoms with Crippen LogP contribution in [0.5, 0.6) is 0 Å². The van der Waals surface area contributed by atoms with Gasteiger partial charge in [0.15, 0.2) is 0 Å². The number of nitrogens with two attached hydrogens (primary N) is 1. The van der Waals surface area contributed by atoms with Crippen molar-refractivity contribution in [3.05, 3.63) is 31.0 Å². The second kappa shape index (κ2) is 4.26. The highest BCUT2D eigenvalue weighted by molar-refractivity contribution is 5.72. The van der Waals surface area contributed by atoms with E-state index in [1.54, 1.807) is 12.3 Å². The van der Waals surface area contributed by atoms with Crippen LogP contribution in [0.4, 0.5) is 14.5 Å². The molecule has 4 nitrogen and oxygen atoms in total. The van der Waals surface area contributed by atoms with Gasteiger partial charge in [-0.1, -0.05) is 0 Å². The molecule has 2 aromatic heterocycles. The second-order valence-corrected chi connectivity index (χ2v) is 3.29. The van der Waals surface area contributed by atoms with Gasteiger partial charge in [-0.05, 0) is 6.07 Å². The molecule has 6 heteroatoms. The van der Waals surface area contributed by atoms with Gasteiger partial charge < -0.3 is 10.3 Å².